The van der Waals surface area contributed by atoms with Gasteiger partial charge in [-0.2, -0.15) is 0 Å². The van der Waals surface area contributed by atoms with Gasteiger partial charge in [-0.05, 0) is 54.1 Å². The van der Waals surface area contributed by atoms with Crippen LogP contribution < -0.4 is 10.6 Å². The summed E-state index contributed by atoms with van der Waals surface area (Å²) in [6.07, 6.45) is 0.0943. The predicted octanol–water partition coefficient (Wildman–Crippen LogP) is 6.42. The molecule has 0 aliphatic carbocycles. The lowest BCUT2D eigenvalue weighted by Gasteiger charge is -2.38. The van der Waals surface area contributed by atoms with Crippen LogP contribution in [0.2, 0.25) is 10.0 Å². The van der Waals surface area contributed by atoms with Gasteiger partial charge in [0, 0.05) is 44.6 Å². The molecule has 3 N–H and O–H groups in total. The summed E-state index contributed by atoms with van der Waals surface area (Å²) < 4.78 is 0. The van der Waals surface area contributed by atoms with Crippen LogP contribution in [0, 0.1) is 5.92 Å². The minimum absolute atomic E-state index is 0.0217. The van der Waals surface area contributed by atoms with Crippen LogP contribution in [0.25, 0.3) is 11.3 Å². The fourth-order valence-corrected chi connectivity index (χ4v) is 5.61. The first-order valence-electron chi connectivity index (χ1n) is 11.2. The highest BCUT2D eigenvalue weighted by molar-refractivity contribution is 7.07. The molecule has 0 bridgehead atoms. The van der Waals surface area contributed by atoms with Crippen molar-refractivity contribution in [3.05, 3.63) is 98.8 Å². The van der Waals surface area contributed by atoms with Crippen molar-refractivity contribution in [3.8, 4) is 17.0 Å². The first-order chi connectivity index (χ1) is 17.4. The molecule has 6 nitrogen and oxygen atoms in total. The third-order valence-electron chi connectivity index (χ3n) is 6.28. The Hall–Kier alpha value is -3.39. The number of carbonyl (C=O) groups excluding carboxylic acids is 2. The van der Waals surface area contributed by atoms with E-state index in [0.717, 1.165) is 16.8 Å². The molecule has 0 spiro atoms. The Balaban J connectivity index is 1.60. The molecular formula is C27H21Cl2N3O3S. The Morgan fingerprint density at radius 3 is 2.56 bits per heavy atom. The SMILES string of the molecule is O=C1C[C@@H](c2cccc(Cl)c2)C(C(=O)Nc2cccc(Cl)c2)[C@@H](c2cc(-c3cscn3)ccc2O)N1. The lowest BCUT2D eigenvalue weighted by atomic mass is 9.73. The smallest absolute Gasteiger partial charge is 0.230 e. The number of aromatic hydroxyl groups is 1. The number of nitrogens with one attached hydrogen (secondary N) is 2. The number of phenolic OH excluding ortho intramolecular Hbond substituents is 1. The van der Waals surface area contributed by atoms with Crippen molar-refractivity contribution in [2.75, 3.05) is 5.32 Å². The molecule has 3 aromatic carbocycles. The van der Waals surface area contributed by atoms with E-state index in [0.29, 0.717) is 21.3 Å². The first kappa shape index (κ1) is 24.3. The van der Waals surface area contributed by atoms with E-state index in [-0.39, 0.29) is 24.0 Å². The van der Waals surface area contributed by atoms with E-state index < -0.39 is 17.9 Å². The standard InChI is InChI=1S/C27H21Cl2N3O3S/c28-17-4-1-3-15(9-17)20-12-24(34)32-26(25(20)27(35)31-19-6-2-5-18(29)11-19)21-10-16(7-8-23(21)33)22-13-36-14-30-22/h1-11,13-14,20,25-26,33H,12H2,(H,31,35)(H,32,34)/t20-,25?,26+/m0/s1. The maximum absolute atomic E-state index is 13.8. The van der Waals surface area contributed by atoms with E-state index in [2.05, 4.69) is 15.6 Å². The summed E-state index contributed by atoms with van der Waals surface area (Å²) in [4.78, 5) is 31.1. The zero-order valence-corrected chi connectivity index (χ0v) is 21.1. The number of phenols is 1. The summed E-state index contributed by atoms with van der Waals surface area (Å²) in [5, 5.41) is 19.6. The van der Waals surface area contributed by atoms with Crippen LogP contribution in [0.15, 0.2) is 77.6 Å². The average molecular weight is 538 g/mol. The molecule has 2 heterocycles. The number of hydrogen-bond acceptors (Lipinski definition) is 5. The van der Waals surface area contributed by atoms with Gasteiger partial charge in [0.15, 0.2) is 0 Å². The van der Waals surface area contributed by atoms with Crippen molar-refractivity contribution in [2.24, 2.45) is 5.92 Å². The fourth-order valence-electron chi connectivity index (χ4n) is 4.66. The molecule has 1 unspecified atom stereocenters. The van der Waals surface area contributed by atoms with Crippen molar-refractivity contribution in [2.45, 2.75) is 18.4 Å². The maximum Gasteiger partial charge on any atom is 0.230 e. The molecule has 5 rings (SSSR count). The Morgan fingerprint density at radius 2 is 1.83 bits per heavy atom. The molecule has 182 valence electrons. The van der Waals surface area contributed by atoms with E-state index in [4.69, 9.17) is 23.2 Å². The number of nitrogens with zero attached hydrogens (tertiary/aromatic N) is 1. The van der Waals surface area contributed by atoms with E-state index in [1.807, 2.05) is 11.4 Å². The van der Waals surface area contributed by atoms with Gasteiger partial charge in [0.05, 0.1) is 23.2 Å². The van der Waals surface area contributed by atoms with Gasteiger partial charge >= 0.3 is 0 Å². The van der Waals surface area contributed by atoms with Crippen LogP contribution in [0.4, 0.5) is 5.69 Å². The average Bonchev–Trinajstić information content (AvgIpc) is 3.39. The minimum Gasteiger partial charge on any atom is -0.508 e. The highest BCUT2D eigenvalue weighted by atomic mass is 35.5. The second kappa shape index (κ2) is 10.3. The van der Waals surface area contributed by atoms with Gasteiger partial charge in [-0.15, -0.1) is 11.3 Å². The van der Waals surface area contributed by atoms with Crippen LogP contribution in [-0.4, -0.2) is 21.9 Å². The van der Waals surface area contributed by atoms with Gasteiger partial charge in [0.1, 0.15) is 5.75 Å². The topological polar surface area (TPSA) is 91.3 Å². The Bertz CT molecular complexity index is 1430. The van der Waals surface area contributed by atoms with Gasteiger partial charge in [0.25, 0.3) is 0 Å². The molecule has 1 aromatic heterocycles. The molecule has 0 radical (unpaired) electrons. The first-order valence-corrected chi connectivity index (χ1v) is 12.9. The van der Waals surface area contributed by atoms with E-state index in [1.54, 1.807) is 66.2 Å². The molecule has 2 amide bonds. The molecule has 1 fully saturated rings. The van der Waals surface area contributed by atoms with E-state index in [9.17, 15) is 14.7 Å². The van der Waals surface area contributed by atoms with E-state index >= 15 is 0 Å². The zero-order valence-electron chi connectivity index (χ0n) is 18.8. The molecular weight excluding hydrogens is 517 g/mol. The molecule has 1 saturated heterocycles. The van der Waals surface area contributed by atoms with Crippen molar-refractivity contribution in [1.82, 2.24) is 10.3 Å². The number of piperidine rings is 1. The second-order valence-corrected chi connectivity index (χ2v) is 10.2. The van der Waals surface area contributed by atoms with Crippen molar-refractivity contribution in [3.63, 3.8) is 0 Å². The Labute approximate surface area is 221 Å². The molecule has 1 aliphatic heterocycles. The minimum atomic E-state index is -0.798. The number of anilines is 1. The molecule has 1 aliphatic rings. The highest BCUT2D eigenvalue weighted by Gasteiger charge is 2.44. The largest absolute Gasteiger partial charge is 0.508 e. The normalized spacial score (nSPS) is 19.5. The Kier molecular flexibility index (Phi) is 6.96. The van der Waals surface area contributed by atoms with Gasteiger partial charge in [-0.1, -0.05) is 41.4 Å². The predicted molar refractivity (Wildman–Crippen MR) is 142 cm³/mol. The van der Waals surface area contributed by atoms with Gasteiger partial charge in [-0.3, -0.25) is 9.59 Å². The van der Waals surface area contributed by atoms with Gasteiger partial charge in [-0.25, -0.2) is 4.98 Å². The summed E-state index contributed by atoms with van der Waals surface area (Å²) in [6.45, 7) is 0. The number of hydrogen-bond donors (Lipinski definition) is 3. The molecule has 0 saturated carbocycles. The molecule has 4 aromatic rings. The number of carbonyl (C=O) groups is 2. The zero-order chi connectivity index (χ0) is 25.2. The molecule has 36 heavy (non-hydrogen) atoms. The Morgan fingerprint density at radius 1 is 1.06 bits per heavy atom. The number of rotatable bonds is 5. The second-order valence-electron chi connectivity index (χ2n) is 8.58. The van der Waals surface area contributed by atoms with Crippen LogP contribution in [0.3, 0.4) is 0 Å². The number of aromatic nitrogens is 1. The fraction of sp³-hybridized carbons (Fsp3) is 0.148. The van der Waals surface area contributed by atoms with E-state index in [1.165, 1.54) is 11.3 Å². The summed E-state index contributed by atoms with van der Waals surface area (Å²) in [5.41, 5.74) is 4.98. The van der Waals surface area contributed by atoms with Gasteiger partial charge in [0.2, 0.25) is 11.8 Å². The van der Waals surface area contributed by atoms with Crippen LogP contribution >= 0.6 is 34.5 Å². The third-order valence-corrected chi connectivity index (χ3v) is 7.33. The quantitative estimate of drug-likeness (QED) is 0.274. The highest BCUT2D eigenvalue weighted by Crippen LogP contribution is 2.44. The summed E-state index contributed by atoms with van der Waals surface area (Å²) >= 11 is 13.9. The molecule has 3 atom stereocenters. The number of thiazole rings is 1. The van der Waals surface area contributed by atoms with Crippen molar-refractivity contribution < 1.29 is 14.7 Å². The van der Waals surface area contributed by atoms with Crippen LogP contribution in [-0.2, 0) is 9.59 Å². The molecule has 9 heteroatoms. The van der Waals surface area contributed by atoms with Crippen LogP contribution in [0.5, 0.6) is 5.75 Å². The number of benzene rings is 3. The lowest BCUT2D eigenvalue weighted by Crippen LogP contribution is -2.47. The van der Waals surface area contributed by atoms with Crippen molar-refractivity contribution >= 4 is 52.0 Å². The summed E-state index contributed by atoms with van der Waals surface area (Å²) in [6, 6.07) is 18.3. The lowest BCUT2D eigenvalue weighted by molar-refractivity contribution is -0.129. The van der Waals surface area contributed by atoms with Crippen LogP contribution in [0.1, 0.15) is 29.5 Å². The van der Waals surface area contributed by atoms with Crippen molar-refractivity contribution in [1.29, 1.82) is 0 Å². The number of amides is 2. The third kappa shape index (κ3) is 5.09. The van der Waals surface area contributed by atoms with Gasteiger partial charge < -0.3 is 15.7 Å². The summed E-state index contributed by atoms with van der Waals surface area (Å²) in [7, 11) is 0. The summed E-state index contributed by atoms with van der Waals surface area (Å²) in [5.74, 6) is -1.80. The monoisotopic (exact) mass is 537 g/mol. The maximum atomic E-state index is 13.8. The number of halogens is 2.